The molecule has 0 rings (SSSR count). The first-order chi connectivity index (χ1) is 1.73. The molecule has 1 radical (unpaired) electrons. The van der Waals surface area contributed by atoms with Crippen molar-refractivity contribution in [3.8, 4) is 0 Å². The van der Waals surface area contributed by atoms with Crippen LogP contribution in [0.15, 0.2) is 0 Å². The number of rotatable bonds is 0. The van der Waals surface area contributed by atoms with Gasteiger partial charge in [0.25, 0.3) is 0 Å². The summed E-state index contributed by atoms with van der Waals surface area (Å²) >= 11 is -2.06. The Morgan fingerprint density at radius 3 is 1.00 bits per heavy atom. The molecule has 0 N–H and O–H groups in total. The second kappa shape index (κ2) is 5.51. The zero-order chi connectivity index (χ0) is 3.58. The van der Waals surface area contributed by atoms with Gasteiger partial charge < -0.3 is 0 Å². The molecule has 0 fully saturated rings. The predicted octanol–water partition coefficient (Wildman–Crippen LogP) is 2.14. The molecule has 0 unspecified atom stereocenters. The minimum atomic E-state index is -2.06. The molecule has 0 nitrogen and oxygen atoms in total. The van der Waals surface area contributed by atoms with Gasteiger partial charge in [-0.3, -0.25) is 0 Å². The fourth-order valence-corrected chi connectivity index (χ4v) is 0. The molecule has 4 heteroatoms. The van der Waals surface area contributed by atoms with E-state index in [4.69, 9.17) is 28.9 Å². The summed E-state index contributed by atoms with van der Waals surface area (Å²) in [6.07, 6.45) is 0. The van der Waals surface area contributed by atoms with Gasteiger partial charge in [0, 0.05) is 0 Å². The predicted molar refractivity (Wildman–Crippen MR) is 29.7 cm³/mol. The third-order valence-corrected chi connectivity index (χ3v) is 0. The first-order valence-electron chi connectivity index (χ1n) is 0.655. The summed E-state index contributed by atoms with van der Waals surface area (Å²) < 4.78 is 0. The number of hydrogen-bond donors (Lipinski definition) is 0. The van der Waals surface area contributed by atoms with Gasteiger partial charge in [0.1, 0.15) is 0 Å². The Kier molecular flexibility index (Phi) is 10.7. The third kappa shape index (κ3) is 29.8. The Morgan fingerprint density at radius 1 is 1.00 bits per heavy atom. The summed E-state index contributed by atoms with van der Waals surface area (Å²) in [6, 6.07) is 0. The Bertz CT molecular complexity index is 11.6. The molecule has 0 aliphatic heterocycles. The SMILES string of the molecule is [CH3].[Cl][Ga]([Cl])[Cl]. The average Bonchev–Trinajstić information content (AvgIpc) is 0.811. The molecule has 0 atom stereocenters. The van der Waals surface area contributed by atoms with Crippen LogP contribution in [0.4, 0.5) is 0 Å². The monoisotopic (exact) mass is 189 g/mol. The van der Waals surface area contributed by atoms with Gasteiger partial charge in [-0.15, -0.1) is 0 Å². The normalized spacial score (nSPS) is 5.40. The maximum atomic E-state index is 4.99. The van der Waals surface area contributed by atoms with Crippen LogP contribution in [0.3, 0.4) is 0 Å². The maximum absolute atomic E-state index is 4.99. The molecule has 0 aliphatic rings. The van der Waals surface area contributed by atoms with Crippen LogP contribution in [0, 0.1) is 7.43 Å². The van der Waals surface area contributed by atoms with E-state index in [1.54, 1.807) is 0 Å². The fraction of sp³-hybridized carbons (Fsp3) is 0. The molecule has 0 aliphatic carbocycles. The van der Waals surface area contributed by atoms with Gasteiger partial charge in [0.15, 0.2) is 0 Å². The van der Waals surface area contributed by atoms with Crippen LogP contribution in [-0.2, 0) is 0 Å². The van der Waals surface area contributed by atoms with Crippen LogP contribution in [0.1, 0.15) is 0 Å². The van der Waals surface area contributed by atoms with Crippen LogP contribution in [0.5, 0.6) is 0 Å². The van der Waals surface area contributed by atoms with E-state index >= 15 is 0 Å². The molecule has 0 spiro atoms. The Hall–Kier alpha value is 1.51. The van der Waals surface area contributed by atoms with Crippen LogP contribution in [0.25, 0.3) is 0 Å². The molecule has 0 aromatic rings. The van der Waals surface area contributed by atoms with E-state index in [9.17, 15) is 0 Å². The van der Waals surface area contributed by atoms with Crippen LogP contribution in [-0.4, -0.2) is 13.2 Å². The van der Waals surface area contributed by atoms with Crippen molar-refractivity contribution in [3.63, 3.8) is 0 Å². The molecular formula is CH3Cl3Ga. The van der Waals surface area contributed by atoms with Crippen molar-refractivity contribution in [3.05, 3.63) is 7.43 Å². The van der Waals surface area contributed by atoms with E-state index in [0.717, 1.165) is 0 Å². The van der Waals surface area contributed by atoms with Gasteiger partial charge >= 0.3 is 42.1 Å². The van der Waals surface area contributed by atoms with E-state index in [-0.39, 0.29) is 7.43 Å². The van der Waals surface area contributed by atoms with E-state index in [2.05, 4.69) is 0 Å². The Morgan fingerprint density at radius 2 is 1.00 bits per heavy atom. The van der Waals surface area contributed by atoms with Gasteiger partial charge in [-0.05, 0) is 0 Å². The molecule has 0 aromatic heterocycles. The summed E-state index contributed by atoms with van der Waals surface area (Å²) in [4.78, 5) is 0. The topological polar surface area (TPSA) is 0 Å². The first-order valence-corrected chi connectivity index (χ1v) is 10.2. The number of hydrogen-bond acceptors (Lipinski definition) is 0. The third-order valence-electron chi connectivity index (χ3n) is 0. The quantitative estimate of drug-likeness (QED) is 0.514. The van der Waals surface area contributed by atoms with E-state index in [1.807, 2.05) is 0 Å². The summed E-state index contributed by atoms with van der Waals surface area (Å²) in [5.74, 6) is 0. The van der Waals surface area contributed by atoms with E-state index < -0.39 is 13.2 Å². The van der Waals surface area contributed by atoms with Gasteiger partial charge in [0.05, 0.1) is 0 Å². The van der Waals surface area contributed by atoms with Crippen molar-refractivity contribution in [1.29, 1.82) is 0 Å². The van der Waals surface area contributed by atoms with Gasteiger partial charge in [-0.25, -0.2) is 0 Å². The summed E-state index contributed by atoms with van der Waals surface area (Å²) in [5, 5.41) is 0. The molecule has 0 bridgehead atoms. The van der Waals surface area contributed by atoms with Crippen LogP contribution < -0.4 is 0 Å². The van der Waals surface area contributed by atoms with Crippen LogP contribution >= 0.6 is 28.9 Å². The van der Waals surface area contributed by atoms with Crippen molar-refractivity contribution in [1.82, 2.24) is 0 Å². The van der Waals surface area contributed by atoms with E-state index in [1.165, 1.54) is 0 Å². The summed E-state index contributed by atoms with van der Waals surface area (Å²) in [6.45, 7) is 0. The van der Waals surface area contributed by atoms with Crippen molar-refractivity contribution in [2.45, 2.75) is 0 Å². The molecule has 0 saturated heterocycles. The Labute approximate surface area is 49.5 Å². The van der Waals surface area contributed by atoms with Crippen molar-refractivity contribution >= 4 is 42.1 Å². The van der Waals surface area contributed by atoms with Gasteiger partial charge in [-0.2, -0.15) is 0 Å². The number of halogens is 3. The van der Waals surface area contributed by atoms with Crippen molar-refractivity contribution in [2.75, 3.05) is 0 Å². The van der Waals surface area contributed by atoms with E-state index in [0.29, 0.717) is 0 Å². The molecule has 31 valence electrons. The first kappa shape index (κ1) is 9.71. The summed E-state index contributed by atoms with van der Waals surface area (Å²) in [7, 11) is 15.0. The Balaban J connectivity index is 0. The van der Waals surface area contributed by atoms with Crippen molar-refractivity contribution < 1.29 is 0 Å². The zero-order valence-corrected chi connectivity index (χ0v) is 7.40. The molecular weight excluding hydrogens is 188 g/mol. The molecule has 0 heterocycles. The minimum absolute atomic E-state index is 0. The molecule has 0 saturated carbocycles. The van der Waals surface area contributed by atoms with Gasteiger partial charge in [0.2, 0.25) is 0 Å². The summed E-state index contributed by atoms with van der Waals surface area (Å²) in [5.41, 5.74) is 0. The second-order valence-electron chi connectivity index (χ2n) is 0.247. The fourth-order valence-electron chi connectivity index (χ4n) is 0. The molecule has 0 amide bonds. The average molecular weight is 191 g/mol. The zero-order valence-electron chi connectivity index (χ0n) is 2.71. The molecule has 5 heavy (non-hydrogen) atoms. The second-order valence-corrected chi connectivity index (χ2v) is 11.6. The van der Waals surface area contributed by atoms with Crippen molar-refractivity contribution in [2.24, 2.45) is 0 Å². The van der Waals surface area contributed by atoms with Crippen LogP contribution in [0.2, 0.25) is 0 Å². The van der Waals surface area contributed by atoms with Gasteiger partial charge in [-0.1, -0.05) is 7.43 Å². The standard InChI is InChI=1S/CH3.3ClH.Ga/h1H3;3*1H;/q;;;;+3/p-3. The molecule has 0 aromatic carbocycles.